The van der Waals surface area contributed by atoms with Crippen molar-refractivity contribution in [2.45, 2.75) is 31.6 Å². The molecule has 3 nitrogen and oxygen atoms in total. The van der Waals surface area contributed by atoms with Crippen LogP contribution in [-0.2, 0) is 5.41 Å². The second kappa shape index (κ2) is 4.99. The van der Waals surface area contributed by atoms with Crippen LogP contribution in [0.15, 0.2) is 42.5 Å². The summed E-state index contributed by atoms with van der Waals surface area (Å²) in [6.07, 6.45) is 0.985. The Hall–Kier alpha value is -2.16. The molecule has 3 heteroatoms. The average molecular weight is 284 g/mol. The average Bonchev–Trinajstić information content (AvgIpc) is 2.48. The van der Waals surface area contributed by atoms with Gasteiger partial charge in [0, 0.05) is 11.5 Å². The van der Waals surface area contributed by atoms with Gasteiger partial charge in [0.05, 0.1) is 6.61 Å². The van der Waals surface area contributed by atoms with Crippen LogP contribution < -0.4 is 4.74 Å². The van der Waals surface area contributed by atoms with Gasteiger partial charge in [0.15, 0.2) is 0 Å². The second-order valence-corrected chi connectivity index (χ2v) is 5.94. The van der Waals surface area contributed by atoms with E-state index in [1.54, 1.807) is 24.3 Å². The third-order valence-electron chi connectivity index (χ3n) is 4.60. The number of hydrogen-bond acceptors (Lipinski definition) is 3. The van der Waals surface area contributed by atoms with E-state index in [1.165, 1.54) is 0 Å². The Labute approximate surface area is 124 Å². The van der Waals surface area contributed by atoms with Gasteiger partial charge in [0.2, 0.25) is 0 Å². The predicted octanol–water partition coefficient (Wildman–Crippen LogP) is 3.94. The summed E-state index contributed by atoms with van der Waals surface area (Å²) < 4.78 is 5.91. The Balaban J connectivity index is 2.07. The van der Waals surface area contributed by atoms with Gasteiger partial charge in [-0.25, -0.2) is 0 Å². The first kappa shape index (κ1) is 13.8. The van der Waals surface area contributed by atoms with Crippen molar-refractivity contribution in [1.82, 2.24) is 0 Å². The molecule has 110 valence electrons. The monoisotopic (exact) mass is 284 g/mol. The highest BCUT2D eigenvalue weighted by atomic mass is 16.5. The lowest BCUT2D eigenvalue weighted by Crippen LogP contribution is -2.40. The molecular weight excluding hydrogens is 264 g/mol. The molecule has 2 aromatic rings. The molecule has 1 aliphatic heterocycles. The first-order valence-corrected chi connectivity index (χ1v) is 7.30. The van der Waals surface area contributed by atoms with Crippen LogP contribution in [0.25, 0.3) is 0 Å². The minimum absolute atomic E-state index is 0.146. The van der Waals surface area contributed by atoms with Gasteiger partial charge in [-0.15, -0.1) is 0 Å². The molecule has 0 bridgehead atoms. The number of fused-ring (bicyclic) bond motifs is 1. The van der Waals surface area contributed by atoms with E-state index in [2.05, 4.69) is 13.8 Å². The van der Waals surface area contributed by atoms with E-state index < -0.39 is 0 Å². The van der Waals surface area contributed by atoms with Crippen LogP contribution in [0.3, 0.4) is 0 Å². The van der Waals surface area contributed by atoms with E-state index in [1.807, 2.05) is 18.2 Å². The molecule has 0 aromatic heterocycles. The molecule has 2 N–H and O–H groups in total. The fourth-order valence-electron chi connectivity index (χ4n) is 3.40. The lowest BCUT2D eigenvalue weighted by molar-refractivity contribution is 0.166. The summed E-state index contributed by atoms with van der Waals surface area (Å²) in [5, 5.41) is 19.1. The zero-order chi connectivity index (χ0) is 15.0. The highest BCUT2D eigenvalue weighted by Gasteiger charge is 2.41. The Morgan fingerprint density at radius 1 is 1.10 bits per heavy atom. The second-order valence-electron chi connectivity index (χ2n) is 5.94. The molecule has 2 atom stereocenters. The standard InChI is InChI=1S/C18H20O3/c1-3-16-15-9-8-14(20)10-17(15)21-11-18(16,2)12-4-6-13(19)7-5-12/h4-10,16,19-20H,3,11H2,1-2H3/t16?,18-/m1/s1. The molecule has 0 spiro atoms. The molecule has 0 aliphatic carbocycles. The number of ether oxygens (including phenoxy) is 1. The fraction of sp³-hybridized carbons (Fsp3) is 0.333. The van der Waals surface area contributed by atoms with Gasteiger partial charge in [-0.2, -0.15) is 0 Å². The van der Waals surface area contributed by atoms with Crippen molar-refractivity contribution in [3.05, 3.63) is 53.6 Å². The maximum Gasteiger partial charge on any atom is 0.126 e. The fourth-order valence-corrected chi connectivity index (χ4v) is 3.40. The smallest absolute Gasteiger partial charge is 0.126 e. The summed E-state index contributed by atoms with van der Waals surface area (Å²) >= 11 is 0. The third kappa shape index (κ3) is 2.23. The van der Waals surface area contributed by atoms with Gasteiger partial charge < -0.3 is 14.9 Å². The molecule has 1 heterocycles. The van der Waals surface area contributed by atoms with Crippen molar-refractivity contribution in [1.29, 1.82) is 0 Å². The molecule has 0 amide bonds. The summed E-state index contributed by atoms with van der Waals surface area (Å²) in [6.45, 7) is 4.93. The Kier molecular flexibility index (Phi) is 3.28. The Bertz CT molecular complexity index is 648. The van der Waals surface area contributed by atoms with Crippen molar-refractivity contribution >= 4 is 0 Å². The zero-order valence-electron chi connectivity index (χ0n) is 12.3. The van der Waals surface area contributed by atoms with E-state index >= 15 is 0 Å². The summed E-state index contributed by atoms with van der Waals surface area (Å²) in [5.74, 6) is 1.60. The zero-order valence-corrected chi connectivity index (χ0v) is 12.3. The summed E-state index contributed by atoms with van der Waals surface area (Å²) in [5.41, 5.74) is 2.15. The van der Waals surface area contributed by atoms with E-state index in [9.17, 15) is 10.2 Å². The van der Waals surface area contributed by atoms with Crippen LogP contribution in [0, 0.1) is 0 Å². The topological polar surface area (TPSA) is 49.7 Å². The van der Waals surface area contributed by atoms with Crippen LogP contribution in [0.4, 0.5) is 0 Å². The summed E-state index contributed by atoms with van der Waals surface area (Å²) in [6, 6.07) is 12.7. The van der Waals surface area contributed by atoms with Gasteiger partial charge in [-0.1, -0.05) is 32.0 Å². The van der Waals surface area contributed by atoms with Crippen molar-refractivity contribution in [2.75, 3.05) is 6.61 Å². The number of phenols is 2. The lowest BCUT2D eigenvalue weighted by Gasteiger charge is -2.42. The molecule has 0 saturated carbocycles. The van der Waals surface area contributed by atoms with Gasteiger partial charge in [0.1, 0.15) is 17.2 Å². The largest absolute Gasteiger partial charge is 0.508 e. The van der Waals surface area contributed by atoms with Gasteiger partial charge >= 0.3 is 0 Å². The van der Waals surface area contributed by atoms with Crippen LogP contribution in [-0.4, -0.2) is 16.8 Å². The maximum absolute atomic E-state index is 9.62. The van der Waals surface area contributed by atoms with Gasteiger partial charge in [0.25, 0.3) is 0 Å². The third-order valence-corrected chi connectivity index (χ3v) is 4.60. The molecular formula is C18H20O3. The summed E-state index contributed by atoms with van der Waals surface area (Å²) in [7, 11) is 0. The van der Waals surface area contributed by atoms with Crippen molar-refractivity contribution in [3.63, 3.8) is 0 Å². The minimum atomic E-state index is -0.146. The Morgan fingerprint density at radius 3 is 2.43 bits per heavy atom. The van der Waals surface area contributed by atoms with Gasteiger partial charge in [-0.3, -0.25) is 0 Å². The van der Waals surface area contributed by atoms with Crippen LogP contribution in [0.5, 0.6) is 17.2 Å². The van der Waals surface area contributed by atoms with Crippen LogP contribution >= 0.6 is 0 Å². The van der Waals surface area contributed by atoms with E-state index in [0.717, 1.165) is 23.3 Å². The minimum Gasteiger partial charge on any atom is -0.508 e. The van der Waals surface area contributed by atoms with E-state index in [4.69, 9.17) is 4.74 Å². The molecule has 0 radical (unpaired) electrons. The molecule has 21 heavy (non-hydrogen) atoms. The van der Waals surface area contributed by atoms with Crippen molar-refractivity contribution in [2.24, 2.45) is 0 Å². The molecule has 3 rings (SSSR count). The normalized spacial score (nSPS) is 24.2. The van der Waals surface area contributed by atoms with Crippen LogP contribution in [0.2, 0.25) is 0 Å². The van der Waals surface area contributed by atoms with Crippen molar-refractivity contribution < 1.29 is 14.9 Å². The molecule has 2 aromatic carbocycles. The number of rotatable bonds is 2. The Morgan fingerprint density at radius 2 is 1.76 bits per heavy atom. The first-order valence-electron chi connectivity index (χ1n) is 7.30. The molecule has 0 saturated heterocycles. The predicted molar refractivity (Wildman–Crippen MR) is 82.1 cm³/mol. The quantitative estimate of drug-likeness (QED) is 0.878. The number of benzene rings is 2. The van der Waals surface area contributed by atoms with E-state index in [0.29, 0.717) is 12.5 Å². The van der Waals surface area contributed by atoms with Gasteiger partial charge in [-0.05, 0) is 41.7 Å². The summed E-state index contributed by atoms with van der Waals surface area (Å²) in [4.78, 5) is 0. The highest BCUT2D eigenvalue weighted by molar-refractivity contribution is 5.48. The van der Waals surface area contributed by atoms with Crippen molar-refractivity contribution in [3.8, 4) is 17.2 Å². The SMILES string of the molecule is CCC1c2ccc(O)cc2OC[C@]1(C)c1ccc(O)cc1. The van der Waals surface area contributed by atoms with E-state index in [-0.39, 0.29) is 16.9 Å². The number of phenolic OH excluding ortho intramolecular Hbond substituents is 2. The number of hydrogen-bond donors (Lipinski definition) is 2. The molecule has 1 aliphatic rings. The molecule has 1 unspecified atom stereocenters. The number of aromatic hydroxyl groups is 2. The highest BCUT2D eigenvalue weighted by Crippen LogP contribution is 2.48. The maximum atomic E-state index is 9.62. The first-order chi connectivity index (χ1) is 10.0. The molecule has 0 fully saturated rings. The van der Waals surface area contributed by atoms with Crippen LogP contribution in [0.1, 0.15) is 37.3 Å². The lowest BCUT2D eigenvalue weighted by atomic mass is 9.67.